The van der Waals surface area contributed by atoms with Crippen molar-refractivity contribution >= 4 is 0 Å². The zero-order chi connectivity index (χ0) is 15.6. The van der Waals surface area contributed by atoms with E-state index in [1.54, 1.807) is 7.11 Å². The Kier molecular flexibility index (Phi) is 9.26. The van der Waals surface area contributed by atoms with Crippen molar-refractivity contribution in [1.29, 1.82) is 0 Å². The van der Waals surface area contributed by atoms with E-state index in [1.807, 2.05) is 0 Å². The number of piperazine rings is 1. The molecule has 0 bridgehead atoms. The molecule has 1 rings (SSSR count). The number of ether oxygens (including phenoxy) is 2. The molecule has 0 amide bonds. The Morgan fingerprint density at radius 2 is 1.62 bits per heavy atom. The van der Waals surface area contributed by atoms with Gasteiger partial charge in [0, 0.05) is 46.4 Å². The van der Waals surface area contributed by atoms with E-state index < -0.39 is 19.1 Å². The molecule has 0 atom stereocenters. The highest BCUT2D eigenvalue weighted by Gasteiger charge is 2.27. The molecule has 1 saturated heterocycles. The predicted molar refractivity (Wildman–Crippen MR) is 76.8 cm³/mol. The van der Waals surface area contributed by atoms with Crippen LogP contribution in [0, 0.1) is 0 Å². The van der Waals surface area contributed by atoms with Crippen molar-refractivity contribution in [2.75, 3.05) is 72.8 Å². The van der Waals surface area contributed by atoms with E-state index in [4.69, 9.17) is 14.6 Å². The average molecular weight is 310 g/mol. The van der Waals surface area contributed by atoms with Gasteiger partial charge in [-0.25, -0.2) is 8.78 Å². The predicted octanol–water partition coefficient (Wildman–Crippen LogP) is 0.675. The molecule has 0 aromatic rings. The maximum Gasteiger partial charge on any atom is 0.293 e. The summed E-state index contributed by atoms with van der Waals surface area (Å²) in [6, 6.07) is 0. The van der Waals surface area contributed by atoms with Crippen LogP contribution in [0.1, 0.15) is 12.8 Å². The van der Waals surface area contributed by atoms with Crippen LogP contribution in [0.4, 0.5) is 8.78 Å². The first-order valence-electron chi connectivity index (χ1n) is 7.57. The molecule has 0 aromatic carbocycles. The van der Waals surface area contributed by atoms with Gasteiger partial charge >= 0.3 is 0 Å². The summed E-state index contributed by atoms with van der Waals surface area (Å²) in [5, 5.41) is 8.39. The number of methoxy groups -OCH3 is 1. The Hall–Kier alpha value is -0.340. The lowest BCUT2D eigenvalue weighted by molar-refractivity contribution is -0.107. The van der Waals surface area contributed by atoms with Gasteiger partial charge in [0.25, 0.3) is 5.92 Å². The molecule has 0 unspecified atom stereocenters. The number of unbranched alkanes of at least 4 members (excludes halogenated alkanes) is 1. The van der Waals surface area contributed by atoms with E-state index >= 15 is 0 Å². The molecular weight excluding hydrogens is 282 g/mol. The standard InChI is InChI=1S/C14H28F2N2O3/c1-20-11-9-18-7-5-17(6-8-18)4-2-3-10-21-13-14(15,16)12-19/h19H,2-13H2,1H3. The number of hydrogen-bond acceptors (Lipinski definition) is 5. The molecule has 0 aliphatic carbocycles. The number of alkyl halides is 2. The first-order valence-corrected chi connectivity index (χ1v) is 7.57. The van der Waals surface area contributed by atoms with Crippen molar-refractivity contribution in [2.24, 2.45) is 0 Å². The zero-order valence-electron chi connectivity index (χ0n) is 12.9. The van der Waals surface area contributed by atoms with E-state index in [1.165, 1.54) is 0 Å². The maximum atomic E-state index is 12.7. The molecule has 126 valence electrons. The second-order valence-corrected chi connectivity index (χ2v) is 5.45. The van der Waals surface area contributed by atoms with Gasteiger partial charge < -0.3 is 19.5 Å². The lowest BCUT2D eigenvalue weighted by atomic mass is 10.2. The number of aliphatic hydroxyl groups is 1. The summed E-state index contributed by atoms with van der Waals surface area (Å²) < 4.78 is 35.3. The van der Waals surface area contributed by atoms with Crippen molar-refractivity contribution in [1.82, 2.24) is 9.80 Å². The summed E-state index contributed by atoms with van der Waals surface area (Å²) in [7, 11) is 1.72. The third kappa shape index (κ3) is 8.63. The molecule has 0 saturated carbocycles. The minimum atomic E-state index is -3.11. The highest BCUT2D eigenvalue weighted by molar-refractivity contribution is 4.71. The number of nitrogens with zero attached hydrogens (tertiary/aromatic N) is 2. The molecular formula is C14H28F2N2O3. The van der Waals surface area contributed by atoms with Crippen molar-refractivity contribution in [3.63, 3.8) is 0 Å². The smallest absolute Gasteiger partial charge is 0.293 e. The van der Waals surface area contributed by atoms with Gasteiger partial charge in [0.2, 0.25) is 0 Å². The van der Waals surface area contributed by atoms with Crippen LogP contribution in [0.5, 0.6) is 0 Å². The molecule has 21 heavy (non-hydrogen) atoms. The molecule has 1 fully saturated rings. The fraction of sp³-hybridized carbons (Fsp3) is 1.00. The van der Waals surface area contributed by atoms with Gasteiger partial charge in [0.05, 0.1) is 6.61 Å². The summed E-state index contributed by atoms with van der Waals surface area (Å²) in [5.41, 5.74) is 0. The molecule has 5 nitrogen and oxygen atoms in total. The van der Waals surface area contributed by atoms with Crippen molar-refractivity contribution in [3.8, 4) is 0 Å². The highest BCUT2D eigenvalue weighted by atomic mass is 19.3. The minimum Gasteiger partial charge on any atom is -0.390 e. The maximum absolute atomic E-state index is 12.7. The Bertz CT molecular complexity index is 263. The zero-order valence-corrected chi connectivity index (χ0v) is 12.9. The van der Waals surface area contributed by atoms with E-state index in [-0.39, 0.29) is 0 Å². The van der Waals surface area contributed by atoms with Crippen LogP contribution in [-0.2, 0) is 9.47 Å². The van der Waals surface area contributed by atoms with Gasteiger partial charge in [-0.1, -0.05) is 0 Å². The lowest BCUT2D eigenvalue weighted by Crippen LogP contribution is -2.47. The van der Waals surface area contributed by atoms with E-state index in [2.05, 4.69) is 9.80 Å². The summed E-state index contributed by atoms with van der Waals surface area (Å²) in [5.74, 6) is -3.11. The molecule has 1 aliphatic heterocycles. The van der Waals surface area contributed by atoms with Gasteiger partial charge in [0.1, 0.15) is 13.2 Å². The fourth-order valence-corrected chi connectivity index (χ4v) is 2.26. The number of hydrogen-bond donors (Lipinski definition) is 1. The van der Waals surface area contributed by atoms with Crippen LogP contribution in [0.3, 0.4) is 0 Å². The van der Waals surface area contributed by atoms with E-state index in [9.17, 15) is 8.78 Å². The van der Waals surface area contributed by atoms with Crippen LogP contribution < -0.4 is 0 Å². The van der Waals surface area contributed by atoms with Crippen LogP contribution in [0.25, 0.3) is 0 Å². The van der Waals surface area contributed by atoms with Gasteiger partial charge in [-0.3, -0.25) is 4.90 Å². The Morgan fingerprint density at radius 3 is 2.19 bits per heavy atom. The molecule has 1 heterocycles. The second kappa shape index (κ2) is 10.4. The summed E-state index contributed by atoms with van der Waals surface area (Å²) in [6.45, 7) is 5.43. The van der Waals surface area contributed by atoms with Crippen LogP contribution in [-0.4, -0.2) is 93.6 Å². The van der Waals surface area contributed by atoms with Crippen LogP contribution in [0.2, 0.25) is 0 Å². The highest BCUT2D eigenvalue weighted by Crippen LogP contribution is 2.12. The van der Waals surface area contributed by atoms with Crippen molar-refractivity contribution in [3.05, 3.63) is 0 Å². The number of rotatable bonds is 11. The summed E-state index contributed by atoms with van der Waals surface area (Å²) >= 11 is 0. The normalized spacial score (nSPS) is 18.3. The second-order valence-electron chi connectivity index (χ2n) is 5.45. The SMILES string of the molecule is COCCN1CCN(CCCCOCC(F)(F)CO)CC1. The van der Waals surface area contributed by atoms with Crippen LogP contribution >= 0.6 is 0 Å². The molecule has 1 aliphatic rings. The third-order valence-electron chi connectivity index (χ3n) is 3.63. The molecule has 1 N–H and O–H groups in total. The van der Waals surface area contributed by atoms with E-state index in [0.29, 0.717) is 6.61 Å². The van der Waals surface area contributed by atoms with Gasteiger partial charge in [-0.2, -0.15) is 0 Å². The van der Waals surface area contributed by atoms with E-state index in [0.717, 1.165) is 58.7 Å². The summed E-state index contributed by atoms with van der Waals surface area (Å²) in [4.78, 5) is 4.78. The first-order chi connectivity index (χ1) is 10.1. The quantitative estimate of drug-likeness (QED) is 0.569. The molecule has 0 aromatic heterocycles. The topological polar surface area (TPSA) is 45.2 Å². The Morgan fingerprint density at radius 1 is 1.00 bits per heavy atom. The molecule has 0 spiro atoms. The van der Waals surface area contributed by atoms with Gasteiger partial charge in [-0.05, 0) is 19.4 Å². The average Bonchev–Trinajstić information content (AvgIpc) is 2.50. The number of halogens is 2. The van der Waals surface area contributed by atoms with Crippen molar-refractivity contribution < 1.29 is 23.4 Å². The Balaban J connectivity index is 1.95. The third-order valence-corrected chi connectivity index (χ3v) is 3.63. The van der Waals surface area contributed by atoms with Gasteiger partial charge in [0.15, 0.2) is 0 Å². The lowest BCUT2D eigenvalue weighted by Gasteiger charge is -2.34. The van der Waals surface area contributed by atoms with Crippen molar-refractivity contribution in [2.45, 2.75) is 18.8 Å². The largest absolute Gasteiger partial charge is 0.390 e. The molecule has 7 heteroatoms. The van der Waals surface area contributed by atoms with Crippen LogP contribution in [0.15, 0.2) is 0 Å². The molecule has 0 radical (unpaired) electrons. The monoisotopic (exact) mass is 310 g/mol. The summed E-state index contributed by atoms with van der Waals surface area (Å²) in [6.07, 6.45) is 1.72. The first kappa shape index (κ1) is 18.7. The fourth-order valence-electron chi connectivity index (χ4n) is 2.26. The number of aliphatic hydroxyl groups excluding tert-OH is 1. The minimum absolute atomic E-state index is 0.323. The Labute approximate surface area is 125 Å². The van der Waals surface area contributed by atoms with Gasteiger partial charge in [-0.15, -0.1) is 0 Å².